The lowest BCUT2D eigenvalue weighted by Crippen LogP contribution is -2.39. The van der Waals surface area contributed by atoms with Crippen molar-refractivity contribution in [1.82, 2.24) is 5.32 Å². The van der Waals surface area contributed by atoms with Crippen LogP contribution in [0.3, 0.4) is 0 Å². The third-order valence-corrected chi connectivity index (χ3v) is 4.47. The van der Waals surface area contributed by atoms with Gasteiger partial charge in [-0.25, -0.2) is 0 Å². The van der Waals surface area contributed by atoms with Crippen LogP contribution in [0.25, 0.3) is 0 Å². The summed E-state index contributed by atoms with van der Waals surface area (Å²) >= 11 is 0. The molecule has 2 heteroatoms. The summed E-state index contributed by atoms with van der Waals surface area (Å²) in [6.07, 6.45) is 9.26. The van der Waals surface area contributed by atoms with Crippen molar-refractivity contribution in [3.63, 3.8) is 0 Å². The van der Waals surface area contributed by atoms with Crippen LogP contribution in [0.4, 0.5) is 0 Å². The molecule has 2 nitrogen and oxygen atoms in total. The highest BCUT2D eigenvalue weighted by Gasteiger charge is 2.29. The molecule has 20 heavy (non-hydrogen) atoms. The van der Waals surface area contributed by atoms with Gasteiger partial charge < -0.3 is 10.1 Å². The van der Waals surface area contributed by atoms with Gasteiger partial charge in [-0.15, -0.1) is 0 Å². The molecule has 1 saturated carbocycles. The van der Waals surface area contributed by atoms with Gasteiger partial charge in [0.25, 0.3) is 0 Å². The van der Waals surface area contributed by atoms with Crippen LogP contribution in [0, 0.1) is 0 Å². The van der Waals surface area contributed by atoms with E-state index in [4.69, 9.17) is 4.74 Å². The maximum absolute atomic E-state index is 5.62. The molecule has 0 radical (unpaired) electrons. The smallest absolute Gasteiger partial charge is 0.0724 e. The summed E-state index contributed by atoms with van der Waals surface area (Å²) in [5.74, 6) is 0. The fraction of sp³-hybridized carbons (Fsp3) is 0.667. The summed E-state index contributed by atoms with van der Waals surface area (Å²) in [4.78, 5) is 0. The van der Waals surface area contributed by atoms with Crippen molar-refractivity contribution in [1.29, 1.82) is 0 Å². The molecule has 3 atom stereocenters. The Bertz CT molecular complexity index is 365. The van der Waals surface area contributed by atoms with Gasteiger partial charge in [-0.3, -0.25) is 0 Å². The van der Waals surface area contributed by atoms with Crippen molar-refractivity contribution in [2.45, 2.75) is 70.1 Å². The largest absolute Gasteiger partial charge is 0.380 e. The molecule has 1 N–H and O–H groups in total. The zero-order valence-corrected chi connectivity index (χ0v) is 13.0. The van der Waals surface area contributed by atoms with Crippen LogP contribution in [-0.2, 0) is 4.74 Å². The minimum Gasteiger partial charge on any atom is -0.380 e. The molecule has 0 amide bonds. The molecule has 1 aliphatic carbocycles. The van der Waals surface area contributed by atoms with Crippen molar-refractivity contribution in [2.75, 3.05) is 7.11 Å². The Morgan fingerprint density at radius 1 is 1.20 bits per heavy atom. The zero-order valence-electron chi connectivity index (χ0n) is 13.0. The van der Waals surface area contributed by atoms with E-state index in [1.165, 1.54) is 50.5 Å². The molecule has 0 heterocycles. The minimum absolute atomic E-state index is 0.396. The predicted molar refractivity (Wildman–Crippen MR) is 84.9 cm³/mol. The number of hydrogen-bond donors (Lipinski definition) is 1. The Balaban J connectivity index is 1.98. The van der Waals surface area contributed by atoms with Gasteiger partial charge in [-0.2, -0.15) is 0 Å². The van der Waals surface area contributed by atoms with Gasteiger partial charge in [0.1, 0.15) is 0 Å². The number of ether oxygens (including phenoxy) is 1. The van der Waals surface area contributed by atoms with Crippen LogP contribution >= 0.6 is 0 Å². The number of nitrogens with one attached hydrogen (secondary N) is 1. The predicted octanol–water partition coefficient (Wildman–Crippen LogP) is 4.47. The van der Waals surface area contributed by atoms with Crippen molar-refractivity contribution < 1.29 is 4.74 Å². The van der Waals surface area contributed by atoms with Gasteiger partial charge in [0.05, 0.1) is 6.10 Å². The maximum Gasteiger partial charge on any atom is 0.0724 e. The van der Waals surface area contributed by atoms with Crippen molar-refractivity contribution >= 4 is 0 Å². The molecule has 0 spiro atoms. The van der Waals surface area contributed by atoms with E-state index in [1.807, 2.05) is 7.11 Å². The van der Waals surface area contributed by atoms with Crippen LogP contribution < -0.4 is 5.32 Å². The fourth-order valence-corrected chi connectivity index (χ4v) is 3.29. The molecule has 1 fully saturated rings. The molecule has 1 aromatic rings. The Morgan fingerprint density at radius 2 is 2.00 bits per heavy atom. The second-order valence-electron chi connectivity index (χ2n) is 5.94. The Hall–Kier alpha value is -0.860. The Labute approximate surface area is 123 Å². The van der Waals surface area contributed by atoms with E-state index in [1.54, 1.807) is 0 Å². The van der Waals surface area contributed by atoms with Crippen LogP contribution in [-0.4, -0.2) is 19.3 Å². The summed E-state index contributed by atoms with van der Waals surface area (Å²) < 4.78 is 5.62. The molecule has 0 aromatic heterocycles. The average Bonchev–Trinajstić information content (AvgIpc) is 2.94. The topological polar surface area (TPSA) is 21.3 Å². The van der Waals surface area contributed by atoms with Gasteiger partial charge in [0, 0.05) is 19.2 Å². The second-order valence-corrected chi connectivity index (χ2v) is 5.94. The average molecular weight is 275 g/mol. The third-order valence-electron chi connectivity index (χ3n) is 4.47. The molecular formula is C18H29NO. The lowest BCUT2D eigenvalue weighted by molar-refractivity contribution is 0.0806. The Kier molecular flexibility index (Phi) is 6.55. The molecular weight excluding hydrogens is 246 g/mol. The van der Waals surface area contributed by atoms with Crippen LogP contribution in [0.15, 0.2) is 30.3 Å². The van der Waals surface area contributed by atoms with Crippen molar-refractivity contribution in [3.05, 3.63) is 35.9 Å². The van der Waals surface area contributed by atoms with Gasteiger partial charge in [-0.05, 0) is 31.2 Å². The van der Waals surface area contributed by atoms with Crippen LogP contribution in [0.2, 0.25) is 0 Å². The van der Waals surface area contributed by atoms with E-state index < -0.39 is 0 Å². The molecule has 0 saturated heterocycles. The molecule has 1 aliphatic rings. The highest BCUT2D eigenvalue weighted by atomic mass is 16.5. The lowest BCUT2D eigenvalue weighted by Gasteiger charge is -2.27. The maximum atomic E-state index is 5.62. The minimum atomic E-state index is 0.396. The summed E-state index contributed by atoms with van der Waals surface area (Å²) in [6.45, 7) is 2.27. The van der Waals surface area contributed by atoms with E-state index >= 15 is 0 Å². The third kappa shape index (κ3) is 4.32. The van der Waals surface area contributed by atoms with Crippen molar-refractivity contribution in [2.24, 2.45) is 0 Å². The number of hydrogen-bond acceptors (Lipinski definition) is 2. The molecule has 3 unspecified atom stereocenters. The molecule has 2 rings (SSSR count). The van der Waals surface area contributed by atoms with E-state index in [0.717, 1.165) is 0 Å². The highest BCUT2D eigenvalue weighted by Crippen LogP contribution is 2.27. The van der Waals surface area contributed by atoms with Gasteiger partial charge in [-0.1, -0.05) is 56.5 Å². The van der Waals surface area contributed by atoms with E-state index in [9.17, 15) is 0 Å². The summed E-state index contributed by atoms with van der Waals surface area (Å²) in [5, 5.41) is 3.87. The summed E-state index contributed by atoms with van der Waals surface area (Å²) in [7, 11) is 1.85. The first-order valence-corrected chi connectivity index (χ1v) is 8.19. The van der Waals surface area contributed by atoms with E-state index in [2.05, 4.69) is 42.6 Å². The highest BCUT2D eigenvalue weighted by molar-refractivity contribution is 5.19. The van der Waals surface area contributed by atoms with Crippen LogP contribution in [0.5, 0.6) is 0 Å². The van der Waals surface area contributed by atoms with Gasteiger partial charge in [0.2, 0.25) is 0 Å². The number of rotatable bonds is 8. The number of unbranched alkanes of at least 4 members (excludes halogenated alkanes) is 2. The quantitative estimate of drug-likeness (QED) is 0.707. The molecule has 0 bridgehead atoms. The number of methoxy groups -OCH3 is 1. The molecule has 112 valence electrons. The first kappa shape index (κ1) is 15.5. The van der Waals surface area contributed by atoms with E-state index in [0.29, 0.717) is 18.2 Å². The van der Waals surface area contributed by atoms with E-state index in [-0.39, 0.29) is 0 Å². The van der Waals surface area contributed by atoms with Gasteiger partial charge in [0.15, 0.2) is 0 Å². The normalized spacial score (nSPS) is 23.9. The first-order valence-electron chi connectivity index (χ1n) is 8.19. The monoisotopic (exact) mass is 275 g/mol. The fourth-order valence-electron chi connectivity index (χ4n) is 3.29. The second kappa shape index (κ2) is 8.43. The SMILES string of the molecule is CCCCCC(NC1CCCC1OC)c1ccccc1. The Morgan fingerprint density at radius 3 is 2.70 bits per heavy atom. The molecule has 1 aromatic carbocycles. The molecule has 0 aliphatic heterocycles. The standard InChI is InChI=1S/C18H29NO/c1-3-4-6-12-16(15-10-7-5-8-11-15)19-17-13-9-14-18(17)20-2/h5,7-8,10-11,16-19H,3-4,6,9,12-14H2,1-2H3. The summed E-state index contributed by atoms with van der Waals surface area (Å²) in [5.41, 5.74) is 1.42. The van der Waals surface area contributed by atoms with Crippen LogP contribution in [0.1, 0.15) is 63.5 Å². The number of benzene rings is 1. The van der Waals surface area contributed by atoms with Crippen molar-refractivity contribution in [3.8, 4) is 0 Å². The van der Waals surface area contributed by atoms with Gasteiger partial charge >= 0.3 is 0 Å². The summed E-state index contributed by atoms with van der Waals surface area (Å²) in [6, 6.07) is 11.9. The lowest BCUT2D eigenvalue weighted by atomic mass is 9.99. The zero-order chi connectivity index (χ0) is 14.2. The first-order chi connectivity index (χ1) is 9.85.